The van der Waals surface area contributed by atoms with Gasteiger partial charge in [-0.2, -0.15) is 18.3 Å². The minimum absolute atomic E-state index is 0.0186. The fourth-order valence-electron chi connectivity index (χ4n) is 4.64. The average Bonchev–Trinajstić information content (AvgIpc) is 3.18. The number of carbonyl (C=O) groups excluding carboxylic acids is 1. The van der Waals surface area contributed by atoms with Crippen molar-refractivity contribution in [3.63, 3.8) is 0 Å². The van der Waals surface area contributed by atoms with E-state index in [1.807, 2.05) is 0 Å². The molecule has 1 aliphatic rings. The van der Waals surface area contributed by atoms with E-state index in [-0.39, 0.29) is 36.8 Å². The maximum absolute atomic E-state index is 13.4. The van der Waals surface area contributed by atoms with Crippen LogP contribution in [0.2, 0.25) is 5.02 Å². The zero-order chi connectivity index (χ0) is 28.3. The molecule has 212 valence electrons. The van der Waals surface area contributed by atoms with E-state index < -0.39 is 23.1 Å². The van der Waals surface area contributed by atoms with Gasteiger partial charge in [0.25, 0.3) is 5.91 Å². The quantitative estimate of drug-likeness (QED) is 0.392. The molecule has 1 saturated carbocycles. The minimum atomic E-state index is -4.37. The zero-order valence-corrected chi connectivity index (χ0v) is 23.3. The minimum Gasteiger partial charge on any atom is -0.496 e. The summed E-state index contributed by atoms with van der Waals surface area (Å²) >= 11 is 6.70. The molecule has 38 heavy (non-hydrogen) atoms. The Morgan fingerprint density at radius 2 is 1.92 bits per heavy atom. The number of methoxy groups -OCH3 is 2. The number of amides is 1. The number of aliphatic hydroxyl groups is 1. The number of halogens is 4. The number of ether oxygens (including phenoxy) is 2. The van der Waals surface area contributed by atoms with E-state index in [1.165, 1.54) is 18.9 Å². The lowest BCUT2D eigenvalue weighted by molar-refractivity contribution is -0.211. The van der Waals surface area contributed by atoms with E-state index >= 15 is 0 Å². The number of carbonyl (C=O) groups is 1. The van der Waals surface area contributed by atoms with Crippen LogP contribution in [0.25, 0.3) is 11.3 Å². The van der Waals surface area contributed by atoms with Gasteiger partial charge in [-0.15, -0.1) is 0 Å². The second-order valence-corrected chi connectivity index (χ2v) is 11.3. The highest BCUT2D eigenvalue weighted by molar-refractivity contribution is 6.36. The Labute approximate surface area is 226 Å². The van der Waals surface area contributed by atoms with Gasteiger partial charge in [0.15, 0.2) is 5.69 Å². The van der Waals surface area contributed by atoms with Gasteiger partial charge in [-0.1, -0.05) is 38.4 Å². The molecule has 11 heteroatoms. The molecule has 1 fully saturated rings. The monoisotopic (exact) mass is 559 g/mol. The van der Waals surface area contributed by atoms with E-state index in [2.05, 4.69) is 17.3 Å². The first-order valence-corrected chi connectivity index (χ1v) is 13.1. The molecule has 1 aliphatic carbocycles. The normalized spacial score (nSPS) is 20.4. The van der Waals surface area contributed by atoms with Crippen LogP contribution in [0.1, 0.15) is 62.5 Å². The van der Waals surface area contributed by atoms with E-state index in [1.54, 1.807) is 18.2 Å². The Balaban J connectivity index is 1.92. The summed E-state index contributed by atoms with van der Waals surface area (Å²) in [7, 11) is 2.95. The molecule has 1 amide bonds. The van der Waals surface area contributed by atoms with Crippen molar-refractivity contribution in [1.82, 2.24) is 15.1 Å². The van der Waals surface area contributed by atoms with Crippen molar-refractivity contribution < 1.29 is 32.5 Å². The summed E-state index contributed by atoms with van der Waals surface area (Å²) in [5, 5.41) is 18.1. The third-order valence-corrected chi connectivity index (χ3v) is 7.69. The number of benzene rings is 1. The fraction of sp³-hybridized carbons (Fsp3) is 0.630. The number of hydrogen-bond donors (Lipinski definition) is 2. The summed E-state index contributed by atoms with van der Waals surface area (Å²) in [6.07, 6.45) is -1.63. The van der Waals surface area contributed by atoms with Gasteiger partial charge in [0.1, 0.15) is 5.75 Å². The number of alkyl halides is 3. The molecule has 0 aliphatic heterocycles. The molecule has 2 N–H and O–H groups in total. The topological polar surface area (TPSA) is 85.6 Å². The number of nitrogens with zero attached hydrogens (tertiary/aromatic N) is 2. The van der Waals surface area contributed by atoms with E-state index in [0.29, 0.717) is 41.3 Å². The van der Waals surface area contributed by atoms with Crippen LogP contribution in [0.3, 0.4) is 0 Å². The van der Waals surface area contributed by atoms with Gasteiger partial charge >= 0.3 is 6.18 Å². The van der Waals surface area contributed by atoms with Crippen LogP contribution in [0.5, 0.6) is 5.75 Å². The lowest BCUT2D eigenvalue weighted by atomic mass is 9.79. The molecular formula is C27H37ClF3N3O4. The fourth-order valence-corrected chi connectivity index (χ4v) is 4.96. The number of aromatic nitrogens is 2. The lowest BCUT2D eigenvalue weighted by Gasteiger charge is -2.34. The second-order valence-electron chi connectivity index (χ2n) is 10.9. The molecular weight excluding hydrogens is 523 g/mol. The molecule has 0 saturated heterocycles. The van der Waals surface area contributed by atoms with Crippen molar-refractivity contribution in [1.29, 1.82) is 0 Å². The Bertz CT molecular complexity index is 1130. The van der Waals surface area contributed by atoms with Crippen molar-refractivity contribution in [3.05, 3.63) is 34.5 Å². The summed E-state index contributed by atoms with van der Waals surface area (Å²) < 4.78 is 52.6. The van der Waals surface area contributed by atoms with Crippen LogP contribution < -0.4 is 10.1 Å². The molecule has 3 rings (SSSR count). The first-order chi connectivity index (χ1) is 17.7. The van der Waals surface area contributed by atoms with E-state index in [4.69, 9.17) is 21.1 Å². The van der Waals surface area contributed by atoms with Crippen LogP contribution in [0.4, 0.5) is 13.2 Å². The van der Waals surface area contributed by atoms with Crippen LogP contribution in [0, 0.1) is 11.3 Å². The largest absolute Gasteiger partial charge is 0.496 e. The summed E-state index contributed by atoms with van der Waals surface area (Å²) in [6, 6.07) is 4.77. The maximum Gasteiger partial charge on any atom is 0.394 e. The molecule has 1 heterocycles. The van der Waals surface area contributed by atoms with E-state index in [0.717, 1.165) is 26.7 Å². The lowest BCUT2D eigenvalue weighted by Crippen LogP contribution is -2.45. The predicted molar refractivity (Wildman–Crippen MR) is 140 cm³/mol. The summed E-state index contributed by atoms with van der Waals surface area (Å²) in [6.45, 7) is 5.09. The standard InChI is InChI=1S/C27H37ClF3N3O4/c1-17-8-10-26(36,11-9-17)16-32-24(35)22-21(28)23(34(33-22)12-13-37-4)19-7-6-18(14-20(19)38-5)15-25(2,3)27(29,30)31/h6-7,14,17,36H,8-13,15-16H2,1-5H3,(H,32,35). The highest BCUT2D eigenvalue weighted by Gasteiger charge is 2.47. The van der Waals surface area contributed by atoms with Gasteiger partial charge in [0, 0.05) is 19.2 Å². The molecule has 1 aromatic heterocycles. The first kappa shape index (κ1) is 30.2. The average molecular weight is 560 g/mol. The molecule has 0 spiro atoms. The smallest absolute Gasteiger partial charge is 0.394 e. The zero-order valence-electron chi connectivity index (χ0n) is 22.5. The van der Waals surface area contributed by atoms with Crippen LogP contribution in [0.15, 0.2) is 18.2 Å². The first-order valence-electron chi connectivity index (χ1n) is 12.7. The molecule has 0 atom stereocenters. The Morgan fingerprint density at radius 3 is 2.50 bits per heavy atom. The molecule has 0 bridgehead atoms. The van der Waals surface area contributed by atoms with Crippen molar-refractivity contribution in [2.24, 2.45) is 11.3 Å². The molecule has 0 unspecified atom stereocenters. The molecule has 0 radical (unpaired) electrons. The van der Waals surface area contributed by atoms with Gasteiger partial charge in [-0.25, -0.2) is 0 Å². The highest BCUT2D eigenvalue weighted by Crippen LogP contribution is 2.42. The third-order valence-electron chi connectivity index (χ3n) is 7.33. The van der Waals surface area contributed by atoms with Crippen LogP contribution in [-0.2, 0) is 17.7 Å². The maximum atomic E-state index is 13.4. The summed E-state index contributed by atoms with van der Waals surface area (Å²) in [5.41, 5.74) is -1.61. The van der Waals surface area contributed by atoms with Crippen molar-refractivity contribution >= 4 is 17.5 Å². The Hall–Kier alpha value is -2.30. The number of nitrogens with one attached hydrogen (secondary N) is 1. The van der Waals surface area contributed by atoms with Crippen LogP contribution >= 0.6 is 11.6 Å². The third kappa shape index (κ3) is 6.82. The van der Waals surface area contributed by atoms with Gasteiger partial charge in [-0.05, 0) is 55.7 Å². The summed E-state index contributed by atoms with van der Waals surface area (Å²) in [5.74, 6) is 0.320. The van der Waals surface area contributed by atoms with Crippen molar-refractivity contribution in [2.45, 2.75) is 71.2 Å². The summed E-state index contributed by atoms with van der Waals surface area (Å²) in [4.78, 5) is 13.1. The highest BCUT2D eigenvalue weighted by atomic mass is 35.5. The Kier molecular flexibility index (Phi) is 9.42. The van der Waals surface area contributed by atoms with Gasteiger partial charge in [0.2, 0.25) is 0 Å². The SMILES string of the molecule is COCCn1nc(C(=O)NCC2(O)CCC(C)CC2)c(Cl)c1-c1ccc(CC(C)(C)C(F)(F)F)cc1OC. The van der Waals surface area contributed by atoms with Crippen molar-refractivity contribution in [2.75, 3.05) is 27.4 Å². The number of hydrogen-bond acceptors (Lipinski definition) is 5. The van der Waals surface area contributed by atoms with Gasteiger partial charge < -0.3 is 19.9 Å². The molecule has 2 aromatic rings. The molecule has 7 nitrogen and oxygen atoms in total. The Morgan fingerprint density at radius 1 is 1.26 bits per heavy atom. The molecule has 1 aromatic carbocycles. The van der Waals surface area contributed by atoms with Crippen LogP contribution in [-0.4, -0.2) is 59.9 Å². The predicted octanol–water partition coefficient (Wildman–Crippen LogP) is 5.66. The number of rotatable bonds is 10. The van der Waals surface area contributed by atoms with Gasteiger partial charge in [-0.3, -0.25) is 9.48 Å². The second kappa shape index (κ2) is 11.8. The van der Waals surface area contributed by atoms with Gasteiger partial charge in [0.05, 0.1) is 42.0 Å². The van der Waals surface area contributed by atoms with Crippen molar-refractivity contribution in [3.8, 4) is 17.0 Å². The van der Waals surface area contributed by atoms with E-state index in [9.17, 15) is 23.1 Å².